The van der Waals surface area contributed by atoms with Crippen molar-refractivity contribution in [3.8, 4) is 11.5 Å². The van der Waals surface area contributed by atoms with Crippen molar-refractivity contribution >= 4 is 40.7 Å². The van der Waals surface area contributed by atoms with Crippen LogP contribution in [0.1, 0.15) is 18.4 Å². The molecule has 0 saturated heterocycles. The number of nitrogens with zero attached hydrogens (tertiary/aromatic N) is 2. The fourth-order valence-electron chi connectivity index (χ4n) is 2.32. The van der Waals surface area contributed by atoms with Gasteiger partial charge in [-0.15, -0.1) is 11.8 Å². The summed E-state index contributed by atoms with van der Waals surface area (Å²) in [6.45, 7) is 1.09. The summed E-state index contributed by atoms with van der Waals surface area (Å²) >= 11 is 13.2. The number of thioether (sulfide) groups is 1. The van der Waals surface area contributed by atoms with E-state index in [2.05, 4.69) is 29.5 Å². The maximum Gasteiger partial charge on any atom is 0.163 e. The molecule has 1 heterocycles. The molecule has 134 valence electrons. The van der Waals surface area contributed by atoms with E-state index in [0.29, 0.717) is 16.9 Å². The molecule has 0 spiro atoms. The Morgan fingerprint density at radius 1 is 1.25 bits per heavy atom. The minimum Gasteiger partial charge on any atom is -0.474 e. The summed E-state index contributed by atoms with van der Waals surface area (Å²) in [6, 6.07) is 5.78. The highest BCUT2D eigenvalue weighted by atomic mass is 35.5. The Kier molecular flexibility index (Phi) is 8.32. The first-order chi connectivity index (χ1) is 11.6. The molecule has 0 saturated carbocycles. The summed E-state index contributed by atoms with van der Waals surface area (Å²) in [5.74, 6) is 2.01. The average molecular weight is 392 g/mol. The fraction of sp³-hybridized carbons (Fsp3) is 0.562. The first-order valence-electron chi connectivity index (χ1n) is 7.74. The van der Waals surface area contributed by atoms with Gasteiger partial charge in [0.25, 0.3) is 0 Å². The smallest absolute Gasteiger partial charge is 0.163 e. The zero-order valence-corrected chi connectivity index (χ0v) is 16.3. The maximum atomic E-state index is 5.68. The van der Waals surface area contributed by atoms with E-state index in [-0.39, 0.29) is 12.1 Å². The maximum absolute atomic E-state index is 5.68. The Hall–Kier alpha value is -0.820. The Labute approximate surface area is 157 Å². The Morgan fingerprint density at radius 3 is 2.62 bits per heavy atom. The summed E-state index contributed by atoms with van der Waals surface area (Å²) in [7, 11) is 4.19. The third-order valence-corrected chi connectivity index (χ3v) is 4.94. The monoisotopic (exact) mass is 391 g/mol. The van der Waals surface area contributed by atoms with Gasteiger partial charge in [-0.1, -0.05) is 23.2 Å². The van der Waals surface area contributed by atoms with E-state index in [4.69, 9.17) is 32.7 Å². The van der Waals surface area contributed by atoms with Crippen LogP contribution in [0.2, 0.25) is 0 Å². The van der Waals surface area contributed by atoms with Gasteiger partial charge in [0.1, 0.15) is 0 Å². The number of benzene rings is 1. The average Bonchev–Trinajstić information content (AvgIpc) is 2.57. The number of halogens is 2. The van der Waals surface area contributed by atoms with Crippen LogP contribution in [0, 0.1) is 0 Å². The topological polar surface area (TPSA) is 46.1 Å². The highest BCUT2D eigenvalue weighted by molar-refractivity contribution is 8.00. The standard InChI is InChI=1S/C16H23Cl2N3O2S/c1-21(2)7-3-4-16-20-19-13(9-24-16)12-5-6-14(22-10-17)15(8-12)23-11-18/h5-6,8,16,20H,3-4,7,9-11H2,1-2H3. The van der Waals surface area contributed by atoms with Crippen LogP contribution in [0.4, 0.5) is 0 Å². The van der Waals surface area contributed by atoms with Crippen molar-refractivity contribution in [3.05, 3.63) is 23.8 Å². The van der Waals surface area contributed by atoms with E-state index in [0.717, 1.165) is 36.4 Å². The van der Waals surface area contributed by atoms with E-state index in [9.17, 15) is 0 Å². The normalized spacial score (nSPS) is 17.4. The van der Waals surface area contributed by atoms with Crippen LogP contribution in [-0.4, -0.2) is 54.5 Å². The molecule has 1 aromatic carbocycles. The van der Waals surface area contributed by atoms with Crippen molar-refractivity contribution in [2.45, 2.75) is 18.2 Å². The van der Waals surface area contributed by atoms with Crippen molar-refractivity contribution in [1.82, 2.24) is 10.3 Å². The fourth-order valence-corrected chi connectivity index (χ4v) is 3.61. The van der Waals surface area contributed by atoms with Gasteiger partial charge < -0.3 is 14.4 Å². The molecule has 1 atom stereocenters. The van der Waals surface area contributed by atoms with Gasteiger partial charge in [0.05, 0.1) is 11.1 Å². The number of hydrazone groups is 1. The quantitative estimate of drug-likeness (QED) is 0.652. The lowest BCUT2D eigenvalue weighted by Gasteiger charge is -2.23. The molecule has 1 aliphatic heterocycles. The first-order valence-corrected chi connectivity index (χ1v) is 9.86. The molecule has 1 aromatic rings. The number of alkyl halides is 2. The molecule has 0 aromatic heterocycles. The van der Waals surface area contributed by atoms with E-state index in [1.165, 1.54) is 0 Å². The van der Waals surface area contributed by atoms with Crippen molar-refractivity contribution < 1.29 is 9.47 Å². The molecule has 0 amide bonds. The molecule has 24 heavy (non-hydrogen) atoms. The second-order valence-electron chi connectivity index (χ2n) is 5.60. The number of nitrogens with one attached hydrogen (secondary N) is 1. The van der Waals surface area contributed by atoms with Gasteiger partial charge in [-0.3, -0.25) is 5.43 Å². The Morgan fingerprint density at radius 2 is 2.00 bits per heavy atom. The summed E-state index contributed by atoms with van der Waals surface area (Å²) in [4.78, 5) is 2.20. The van der Waals surface area contributed by atoms with Crippen molar-refractivity contribution in [3.63, 3.8) is 0 Å². The molecular formula is C16H23Cl2N3O2S. The second-order valence-corrected chi connectivity index (χ2v) is 7.23. The van der Waals surface area contributed by atoms with Gasteiger partial charge in [0.15, 0.2) is 23.6 Å². The van der Waals surface area contributed by atoms with Crippen molar-refractivity contribution in [2.75, 3.05) is 38.5 Å². The number of hydrogen-bond donors (Lipinski definition) is 1. The van der Waals surface area contributed by atoms with Gasteiger partial charge in [0.2, 0.25) is 0 Å². The van der Waals surface area contributed by atoms with E-state index >= 15 is 0 Å². The van der Waals surface area contributed by atoms with Crippen LogP contribution in [0.15, 0.2) is 23.3 Å². The predicted molar refractivity (Wildman–Crippen MR) is 103 cm³/mol. The van der Waals surface area contributed by atoms with Crippen LogP contribution < -0.4 is 14.9 Å². The number of hydrogen-bond acceptors (Lipinski definition) is 6. The molecule has 0 aliphatic carbocycles. The Balaban J connectivity index is 1.99. The predicted octanol–water partition coefficient (Wildman–Crippen LogP) is 3.55. The summed E-state index contributed by atoms with van der Waals surface area (Å²) < 4.78 is 10.7. The van der Waals surface area contributed by atoms with Crippen molar-refractivity contribution in [1.29, 1.82) is 0 Å². The second kappa shape index (κ2) is 10.2. The zero-order valence-electron chi connectivity index (χ0n) is 13.9. The minimum absolute atomic E-state index is 0.0511. The minimum atomic E-state index is 0.0511. The molecular weight excluding hydrogens is 369 g/mol. The molecule has 2 rings (SSSR count). The first kappa shape index (κ1) is 19.5. The van der Waals surface area contributed by atoms with Crippen LogP contribution >= 0.6 is 35.0 Å². The number of rotatable bonds is 9. The van der Waals surface area contributed by atoms with Crippen LogP contribution in [-0.2, 0) is 0 Å². The van der Waals surface area contributed by atoms with E-state index < -0.39 is 0 Å². The molecule has 1 N–H and O–H groups in total. The lowest BCUT2D eigenvalue weighted by Crippen LogP contribution is -2.30. The summed E-state index contributed by atoms with van der Waals surface area (Å²) in [6.07, 6.45) is 2.25. The third kappa shape index (κ3) is 5.92. The van der Waals surface area contributed by atoms with Crippen LogP contribution in [0.3, 0.4) is 0 Å². The largest absolute Gasteiger partial charge is 0.474 e. The highest BCUT2D eigenvalue weighted by Crippen LogP contribution is 2.30. The van der Waals surface area contributed by atoms with Gasteiger partial charge in [-0.05, 0) is 51.7 Å². The Bertz CT molecular complexity index is 558. The zero-order chi connectivity index (χ0) is 17.4. The summed E-state index contributed by atoms with van der Waals surface area (Å²) in [5, 5.41) is 4.90. The van der Waals surface area contributed by atoms with Gasteiger partial charge in [0, 0.05) is 11.3 Å². The lowest BCUT2D eigenvalue weighted by atomic mass is 10.1. The SMILES string of the molecule is CN(C)CCCC1NN=C(c2ccc(OCCl)c(OCCl)c2)CS1. The molecule has 1 aliphatic rings. The van der Waals surface area contributed by atoms with Crippen LogP contribution in [0.5, 0.6) is 11.5 Å². The van der Waals surface area contributed by atoms with Crippen molar-refractivity contribution in [2.24, 2.45) is 5.10 Å². The van der Waals surface area contributed by atoms with Crippen LogP contribution in [0.25, 0.3) is 0 Å². The molecule has 0 radical (unpaired) electrons. The van der Waals surface area contributed by atoms with Gasteiger partial charge >= 0.3 is 0 Å². The lowest BCUT2D eigenvalue weighted by molar-refractivity contribution is 0.330. The molecule has 5 nitrogen and oxygen atoms in total. The molecule has 8 heteroatoms. The molecule has 0 fully saturated rings. The molecule has 0 bridgehead atoms. The van der Waals surface area contributed by atoms with Gasteiger partial charge in [-0.2, -0.15) is 5.10 Å². The molecule has 1 unspecified atom stereocenters. The van der Waals surface area contributed by atoms with E-state index in [1.807, 2.05) is 30.0 Å². The van der Waals surface area contributed by atoms with Gasteiger partial charge in [-0.25, -0.2) is 0 Å². The highest BCUT2D eigenvalue weighted by Gasteiger charge is 2.18. The summed E-state index contributed by atoms with van der Waals surface area (Å²) in [5.41, 5.74) is 5.22. The third-order valence-electron chi connectivity index (χ3n) is 3.53. The number of ether oxygens (including phenoxy) is 2. The van der Waals surface area contributed by atoms with E-state index in [1.54, 1.807) is 0 Å².